The van der Waals surface area contributed by atoms with Crippen LogP contribution in [0.25, 0.3) is 0 Å². The van der Waals surface area contributed by atoms with E-state index in [0.29, 0.717) is 5.75 Å². The molecule has 2 aromatic rings. The zero-order valence-corrected chi connectivity index (χ0v) is 15.1. The highest BCUT2D eigenvalue weighted by molar-refractivity contribution is 7.89. The van der Waals surface area contributed by atoms with Crippen LogP contribution in [0.4, 0.5) is 0 Å². The molecular weight excluding hydrogens is 326 g/mol. The zero-order valence-electron chi connectivity index (χ0n) is 14.3. The van der Waals surface area contributed by atoms with Gasteiger partial charge in [-0.1, -0.05) is 26.0 Å². The molecule has 0 aliphatic rings. The topological polar surface area (TPSA) is 64.6 Å². The quantitative estimate of drug-likeness (QED) is 0.832. The van der Waals surface area contributed by atoms with E-state index in [1.165, 1.54) is 12.1 Å². The Balaban J connectivity index is 2.27. The second-order valence-electron chi connectivity index (χ2n) is 5.79. The number of ether oxygens (including phenoxy) is 2. The van der Waals surface area contributed by atoms with Crippen molar-refractivity contribution < 1.29 is 17.9 Å². The Morgan fingerprint density at radius 2 is 1.29 bits per heavy atom. The van der Waals surface area contributed by atoms with E-state index in [2.05, 4.69) is 4.72 Å². The van der Waals surface area contributed by atoms with Crippen LogP contribution in [-0.4, -0.2) is 22.6 Å². The number of nitrogens with one attached hydrogen (secondary N) is 1. The van der Waals surface area contributed by atoms with Gasteiger partial charge in [0.1, 0.15) is 11.5 Å². The van der Waals surface area contributed by atoms with Crippen LogP contribution in [0.15, 0.2) is 53.4 Å². The van der Waals surface area contributed by atoms with Gasteiger partial charge in [0, 0.05) is 6.04 Å². The molecule has 1 atom stereocenters. The van der Waals surface area contributed by atoms with Gasteiger partial charge in [-0.15, -0.1) is 0 Å². The normalized spacial score (nSPS) is 12.9. The third kappa shape index (κ3) is 4.27. The molecule has 0 amide bonds. The van der Waals surface area contributed by atoms with Crippen LogP contribution in [-0.2, 0) is 10.0 Å². The van der Waals surface area contributed by atoms with Crippen molar-refractivity contribution in [1.82, 2.24) is 4.72 Å². The van der Waals surface area contributed by atoms with Gasteiger partial charge >= 0.3 is 0 Å². The molecule has 0 saturated heterocycles. The molecule has 1 N–H and O–H groups in total. The molecule has 2 aromatic carbocycles. The molecule has 0 bridgehead atoms. The molecule has 6 heteroatoms. The molecule has 5 nitrogen and oxygen atoms in total. The second-order valence-corrected chi connectivity index (χ2v) is 7.51. The van der Waals surface area contributed by atoms with Crippen LogP contribution in [0.3, 0.4) is 0 Å². The highest BCUT2D eigenvalue weighted by Crippen LogP contribution is 2.26. The lowest BCUT2D eigenvalue weighted by molar-refractivity contribution is 0.413. The summed E-state index contributed by atoms with van der Waals surface area (Å²) in [5.41, 5.74) is 0.892. The van der Waals surface area contributed by atoms with Gasteiger partial charge in [-0.05, 0) is 47.9 Å². The number of sulfonamides is 1. The van der Waals surface area contributed by atoms with E-state index in [-0.39, 0.29) is 16.9 Å². The first kappa shape index (κ1) is 18.3. The highest BCUT2D eigenvalue weighted by Gasteiger charge is 2.24. The minimum atomic E-state index is -3.63. The SMILES string of the molecule is COc1ccc([C@H](NS(=O)(=O)c2ccc(OC)cc2)C(C)C)cc1. The first-order valence-electron chi connectivity index (χ1n) is 7.67. The maximum atomic E-state index is 12.7. The van der Waals surface area contributed by atoms with Gasteiger partial charge in [0.2, 0.25) is 10.0 Å². The summed E-state index contributed by atoms with van der Waals surface area (Å²) in [6, 6.07) is 13.4. The predicted octanol–water partition coefficient (Wildman–Crippen LogP) is 3.38. The van der Waals surface area contributed by atoms with E-state index in [0.717, 1.165) is 11.3 Å². The Labute approximate surface area is 143 Å². The number of hydrogen-bond acceptors (Lipinski definition) is 4. The molecule has 2 rings (SSSR count). The van der Waals surface area contributed by atoms with Crippen LogP contribution < -0.4 is 14.2 Å². The zero-order chi connectivity index (χ0) is 17.7. The van der Waals surface area contributed by atoms with Gasteiger partial charge in [-0.3, -0.25) is 0 Å². The summed E-state index contributed by atoms with van der Waals surface area (Å²) >= 11 is 0. The average Bonchev–Trinajstić information content (AvgIpc) is 2.59. The van der Waals surface area contributed by atoms with Crippen molar-refractivity contribution in [1.29, 1.82) is 0 Å². The molecule has 0 heterocycles. The van der Waals surface area contributed by atoms with Crippen LogP contribution in [0.5, 0.6) is 11.5 Å². The third-order valence-electron chi connectivity index (χ3n) is 3.79. The molecule has 0 saturated carbocycles. The van der Waals surface area contributed by atoms with Crippen molar-refractivity contribution in [3.63, 3.8) is 0 Å². The van der Waals surface area contributed by atoms with E-state index >= 15 is 0 Å². The van der Waals surface area contributed by atoms with E-state index in [9.17, 15) is 8.42 Å². The van der Waals surface area contributed by atoms with E-state index in [4.69, 9.17) is 9.47 Å². The lowest BCUT2D eigenvalue weighted by atomic mass is 9.97. The van der Waals surface area contributed by atoms with Crippen LogP contribution in [0.1, 0.15) is 25.5 Å². The van der Waals surface area contributed by atoms with Gasteiger partial charge in [-0.2, -0.15) is 0 Å². The summed E-state index contributed by atoms with van der Waals surface area (Å²) in [4.78, 5) is 0.211. The smallest absolute Gasteiger partial charge is 0.241 e. The van der Waals surface area contributed by atoms with Gasteiger partial charge in [0.25, 0.3) is 0 Å². The largest absolute Gasteiger partial charge is 0.497 e. The molecule has 0 radical (unpaired) electrons. The average molecular weight is 349 g/mol. The Morgan fingerprint density at radius 3 is 1.71 bits per heavy atom. The molecule has 0 unspecified atom stereocenters. The van der Waals surface area contributed by atoms with Crippen molar-refractivity contribution in [2.24, 2.45) is 5.92 Å². The lowest BCUT2D eigenvalue weighted by Crippen LogP contribution is -2.31. The van der Waals surface area contributed by atoms with E-state index in [1.54, 1.807) is 26.4 Å². The fourth-order valence-corrected chi connectivity index (χ4v) is 3.76. The Kier molecular flexibility index (Phi) is 5.85. The summed E-state index contributed by atoms with van der Waals surface area (Å²) in [5.74, 6) is 1.44. The maximum absolute atomic E-state index is 12.7. The fraction of sp³-hybridized carbons (Fsp3) is 0.333. The molecular formula is C18H23NO4S. The molecule has 0 aliphatic heterocycles. The fourth-order valence-electron chi connectivity index (χ4n) is 2.39. The summed E-state index contributed by atoms with van der Waals surface area (Å²) in [6.07, 6.45) is 0. The number of hydrogen-bond donors (Lipinski definition) is 1. The van der Waals surface area contributed by atoms with Crippen molar-refractivity contribution in [3.8, 4) is 11.5 Å². The van der Waals surface area contributed by atoms with Gasteiger partial charge in [-0.25, -0.2) is 13.1 Å². The summed E-state index contributed by atoms with van der Waals surface area (Å²) in [5, 5.41) is 0. The van der Waals surface area contributed by atoms with Crippen molar-refractivity contribution in [2.45, 2.75) is 24.8 Å². The van der Waals surface area contributed by atoms with Crippen molar-refractivity contribution in [3.05, 3.63) is 54.1 Å². The Hall–Kier alpha value is -2.05. The molecule has 130 valence electrons. The Morgan fingerprint density at radius 1 is 0.833 bits per heavy atom. The Bertz CT molecular complexity index is 753. The van der Waals surface area contributed by atoms with E-state index in [1.807, 2.05) is 38.1 Å². The first-order chi connectivity index (χ1) is 11.4. The second kappa shape index (κ2) is 7.68. The molecule has 0 spiro atoms. The monoisotopic (exact) mass is 349 g/mol. The highest BCUT2D eigenvalue weighted by atomic mass is 32.2. The van der Waals surface area contributed by atoms with Crippen LogP contribution in [0.2, 0.25) is 0 Å². The minimum Gasteiger partial charge on any atom is -0.497 e. The molecule has 0 aliphatic carbocycles. The van der Waals surface area contributed by atoms with Gasteiger partial charge < -0.3 is 9.47 Å². The van der Waals surface area contributed by atoms with Crippen LogP contribution in [0, 0.1) is 5.92 Å². The van der Waals surface area contributed by atoms with Gasteiger partial charge in [0.05, 0.1) is 19.1 Å². The lowest BCUT2D eigenvalue weighted by Gasteiger charge is -2.23. The van der Waals surface area contributed by atoms with E-state index < -0.39 is 10.0 Å². The maximum Gasteiger partial charge on any atom is 0.241 e. The number of methoxy groups -OCH3 is 2. The molecule has 0 aromatic heterocycles. The van der Waals surface area contributed by atoms with Crippen molar-refractivity contribution in [2.75, 3.05) is 14.2 Å². The summed E-state index contributed by atoms with van der Waals surface area (Å²) in [7, 11) is -0.490. The third-order valence-corrected chi connectivity index (χ3v) is 5.25. The number of benzene rings is 2. The number of rotatable bonds is 7. The summed E-state index contributed by atoms with van der Waals surface area (Å²) in [6.45, 7) is 3.96. The summed E-state index contributed by atoms with van der Waals surface area (Å²) < 4.78 is 38.3. The van der Waals surface area contributed by atoms with Gasteiger partial charge in [0.15, 0.2) is 0 Å². The van der Waals surface area contributed by atoms with Crippen molar-refractivity contribution >= 4 is 10.0 Å². The molecule has 0 fully saturated rings. The van der Waals surface area contributed by atoms with Crippen LogP contribution >= 0.6 is 0 Å². The molecule has 24 heavy (non-hydrogen) atoms. The minimum absolute atomic E-state index is 0.0893. The standard InChI is InChI=1S/C18H23NO4S/c1-13(2)18(14-5-7-15(22-3)8-6-14)19-24(20,21)17-11-9-16(23-4)10-12-17/h5-13,18-19H,1-4H3/t18-/m1/s1. The first-order valence-corrected chi connectivity index (χ1v) is 9.16. The predicted molar refractivity (Wildman–Crippen MR) is 93.9 cm³/mol.